The number of hydrogen-bond donors (Lipinski definition) is 0. The average molecular weight is 471 g/mol. The summed E-state index contributed by atoms with van der Waals surface area (Å²) in [6.07, 6.45) is 14.2. The van der Waals surface area contributed by atoms with Gasteiger partial charge in [-0.1, -0.05) is 58.1 Å². The molecule has 0 aliphatic carbocycles. The first-order valence-electron chi connectivity index (χ1n) is 11.4. The Bertz CT molecular complexity index is 963. The van der Waals surface area contributed by atoms with Gasteiger partial charge in [0.15, 0.2) is 17.8 Å². The summed E-state index contributed by atoms with van der Waals surface area (Å²) in [5, 5.41) is 0.814. The van der Waals surface area contributed by atoms with Gasteiger partial charge in [-0.2, -0.15) is 0 Å². The van der Waals surface area contributed by atoms with E-state index in [1.807, 2.05) is 24.3 Å². The number of pyridine rings is 2. The molecule has 0 unspecified atom stereocenters. The number of halogens is 1. The molecule has 0 aliphatic heterocycles. The van der Waals surface area contributed by atoms with Crippen LogP contribution >= 0.6 is 0 Å². The molecule has 3 aromatic rings. The third kappa shape index (κ3) is 6.28. The minimum absolute atomic E-state index is 0. The fourth-order valence-corrected chi connectivity index (χ4v) is 4.00. The highest BCUT2D eigenvalue weighted by Gasteiger charge is 2.12. The molecule has 0 amide bonds. The molecule has 2 heterocycles. The van der Waals surface area contributed by atoms with Crippen LogP contribution in [0.2, 0.25) is 0 Å². The minimum atomic E-state index is 0. The molecule has 2 aromatic heterocycles. The van der Waals surface area contributed by atoms with Gasteiger partial charge in [-0.15, -0.1) is 0 Å². The molecule has 0 saturated heterocycles. The van der Waals surface area contributed by atoms with Crippen LogP contribution < -0.4 is 27.0 Å². The number of aromatic nitrogens is 2. The van der Waals surface area contributed by atoms with Gasteiger partial charge in [0.2, 0.25) is 0 Å². The Labute approximate surface area is 191 Å². The van der Waals surface area contributed by atoms with E-state index in [0.29, 0.717) is 0 Å². The lowest BCUT2D eigenvalue weighted by Gasteiger charge is -2.17. The van der Waals surface area contributed by atoms with Crippen LogP contribution in [0.4, 0.5) is 0 Å². The Balaban J connectivity index is 0.00000320. The molecule has 3 rings (SSSR count). The van der Waals surface area contributed by atoms with Crippen molar-refractivity contribution in [3.05, 3.63) is 65.1 Å². The highest BCUT2D eigenvalue weighted by molar-refractivity contribution is 5.82. The van der Waals surface area contributed by atoms with Crippen molar-refractivity contribution in [2.45, 2.75) is 78.3 Å². The summed E-state index contributed by atoms with van der Waals surface area (Å²) in [5.74, 6) is 0. The van der Waals surface area contributed by atoms with Crippen molar-refractivity contribution in [3.63, 3.8) is 0 Å². The lowest BCUT2D eigenvalue weighted by molar-refractivity contribution is -0.697. The summed E-state index contributed by atoms with van der Waals surface area (Å²) in [5.41, 5.74) is 3.30. The number of unbranched alkanes of at least 4 members (excludes halogenated alkanes) is 6. The summed E-state index contributed by atoms with van der Waals surface area (Å²) in [4.78, 5) is 12.8. The number of fused-ring (bicyclic) bond motifs is 1. The van der Waals surface area contributed by atoms with Gasteiger partial charge in [0.25, 0.3) is 0 Å². The molecule has 1 aromatic carbocycles. The molecule has 0 radical (unpaired) electrons. The molecule has 30 heavy (non-hydrogen) atoms. The normalized spacial score (nSPS) is 10.9. The molecule has 0 aliphatic rings. The summed E-state index contributed by atoms with van der Waals surface area (Å²) in [6, 6.07) is 14.1. The van der Waals surface area contributed by atoms with Gasteiger partial charge >= 0.3 is 0 Å². The van der Waals surface area contributed by atoms with E-state index < -0.39 is 0 Å². The summed E-state index contributed by atoms with van der Waals surface area (Å²) in [6.45, 7) is 6.48. The van der Waals surface area contributed by atoms with E-state index in [0.717, 1.165) is 41.7 Å². The monoisotopic (exact) mass is 470 g/mol. The summed E-state index contributed by atoms with van der Waals surface area (Å²) < 4.78 is 4.59. The minimum Gasteiger partial charge on any atom is -1.00 e. The second-order valence-corrected chi connectivity index (χ2v) is 8.01. The fourth-order valence-electron chi connectivity index (χ4n) is 4.00. The molecule has 0 bridgehead atoms. The van der Waals surface area contributed by atoms with E-state index in [4.69, 9.17) is 0 Å². The molecule has 162 valence electrons. The average Bonchev–Trinajstić information content (AvgIpc) is 2.76. The van der Waals surface area contributed by atoms with Crippen LogP contribution in [-0.2, 0) is 13.1 Å². The van der Waals surface area contributed by atoms with Crippen molar-refractivity contribution in [2.24, 2.45) is 0 Å². The van der Waals surface area contributed by atoms with E-state index in [1.165, 1.54) is 44.9 Å². The topological polar surface area (TPSA) is 25.9 Å². The predicted octanol–water partition coefficient (Wildman–Crippen LogP) is 3.12. The van der Waals surface area contributed by atoms with Crippen LogP contribution in [0.3, 0.4) is 0 Å². The van der Waals surface area contributed by atoms with Crippen molar-refractivity contribution in [1.29, 1.82) is 0 Å². The first-order chi connectivity index (χ1) is 14.2. The highest BCUT2D eigenvalue weighted by Crippen LogP contribution is 2.23. The highest BCUT2D eigenvalue weighted by atomic mass is 79.9. The molecular formula is C26H35BrN2O. The zero-order valence-electron chi connectivity index (χ0n) is 18.4. The lowest BCUT2D eigenvalue weighted by atomic mass is 10.1. The molecule has 0 atom stereocenters. The second kappa shape index (κ2) is 12.7. The summed E-state index contributed by atoms with van der Waals surface area (Å²) >= 11 is 0. The Morgan fingerprint density at radius 1 is 0.833 bits per heavy atom. The maximum atomic E-state index is 12.8. The van der Waals surface area contributed by atoms with Crippen molar-refractivity contribution < 1.29 is 21.5 Å². The zero-order valence-corrected chi connectivity index (χ0v) is 20.0. The van der Waals surface area contributed by atoms with Crippen molar-refractivity contribution >= 4 is 10.9 Å². The number of aryl methyl sites for hydroxylation is 2. The number of hydrogen-bond acceptors (Lipinski definition) is 1. The van der Waals surface area contributed by atoms with E-state index in [2.05, 4.69) is 53.6 Å². The Hall–Kier alpha value is -1.94. The van der Waals surface area contributed by atoms with Crippen LogP contribution in [0.5, 0.6) is 0 Å². The standard InChI is InChI=1S/C26H35N2O.BrH/c1-3-5-7-11-17-27-19-15-22(16-20-27)25-21-26(29)23-13-9-10-14-24(23)28(25)18-12-8-6-4-2;/h9-10,13-16,19-21H,3-8,11-12,17-18H2,1-2H3;1H/q+1;/p-1. The van der Waals surface area contributed by atoms with Gasteiger partial charge in [0.1, 0.15) is 6.54 Å². The van der Waals surface area contributed by atoms with Gasteiger partial charge in [0, 0.05) is 42.1 Å². The van der Waals surface area contributed by atoms with E-state index in [1.54, 1.807) is 0 Å². The number of nitrogens with zero attached hydrogens (tertiary/aromatic N) is 2. The first-order valence-corrected chi connectivity index (χ1v) is 11.4. The second-order valence-electron chi connectivity index (χ2n) is 8.01. The summed E-state index contributed by atoms with van der Waals surface area (Å²) in [7, 11) is 0. The number of para-hydroxylation sites is 1. The van der Waals surface area contributed by atoms with E-state index in [9.17, 15) is 4.79 Å². The van der Waals surface area contributed by atoms with Gasteiger partial charge in [-0.3, -0.25) is 4.79 Å². The first kappa shape index (κ1) is 24.3. The number of benzene rings is 1. The fraction of sp³-hybridized carbons (Fsp3) is 0.462. The third-order valence-corrected chi connectivity index (χ3v) is 5.71. The van der Waals surface area contributed by atoms with Crippen LogP contribution in [0.15, 0.2) is 59.7 Å². The Morgan fingerprint density at radius 2 is 1.50 bits per heavy atom. The zero-order chi connectivity index (χ0) is 20.5. The molecule has 3 nitrogen and oxygen atoms in total. The van der Waals surface area contributed by atoms with Crippen LogP contribution in [0.25, 0.3) is 22.2 Å². The van der Waals surface area contributed by atoms with Crippen molar-refractivity contribution in [1.82, 2.24) is 4.57 Å². The van der Waals surface area contributed by atoms with E-state index >= 15 is 0 Å². The van der Waals surface area contributed by atoms with Gasteiger partial charge in [-0.25, -0.2) is 4.57 Å². The quantitative estimate of drug-likeness (QED) is 0.312. The SMILES string of the molecule is CCCCCCn1c(-c2cc[n+](CCCCCC)cc2)cc(=O)c2ccccc21.[Br-]. The predicted molar refractivity (Wildman–Crippen MR) is 122 cm³/mol. The smallest absolute Gasteiger partial charge is 0.190 e. The third-order valence-electron chi connectivity index (χ3n) is 5.71. The maximum Gasteiger partial charge on any atom is 0.190 e. The molecule has 0 spiro atoms. The van der Waals surface area contributed by atoms with Crippen LogP contribution in [-0.4, -0.2) is 4.57 Å². The molecular weight excluding hydrogens is 436 g/mol. The largest absolute Gasteiger partial charge is 1.00 e. The van der Waals surface area contributed by atoms with Crippen molar-refractivity contribution in [3.8, 4) is 11.3 Å². The van der Waals surface area contributed by atoms with Crippen LogP contribution in [0.1, 0.15) is 65.2 Å². The molecule has 4 heteroatoms. The van der Waals surface area contributed by atoms with E-state index in [-0.39, 0.29) is 22.4 Å². The maximum absolute atomic E-state index is 12.8. The Kier molecular flexibility index (Phi) is 10.3. The van der Waals surface area contributed by atoms with Gasteiger partial charge < -0.3 is 21.5 Å². The van der Waals surface area contributed by atoms with Gasteiger partial charge in [-0.05, 0) is 25.0 Å². The molecule has 0 N–H and O–H groups in total. The van der Waals surface area contributed by atoms with Crippen LogP contribution in [0, 0.1) is 0 Å². The lowest BCUT2D eigenvalue weighted by Crippen LogP contribution is -3.00. The molecule has 0 fully saturated rings. The number of rotatable bonds is 11. The molecule has 0 saturated carbocycles. The van der Waals surface area contributed by atoms with Gasteiger partial charge in [0.05, 0.1) is 11.2 Å². The Morgan fingerprint density at radius 3 is 2.20 bits per heavy atom. The van der Waals surface area contributed by atoms with Crippen molar-refractivity contribution in [2.75, 3.05) is 0 Å².